The van der Waals surface area contributed by atoms with Gasteiger partial charge < -0.3 is 35.8 Å². The zero-order chi connectivity index (χ0) is 49.6. The number of nitrogens with two attached hydrogens (primary N) is 1. The van der Waals surface area contributed by atoms with Crippen molar-refractivity contribution in [1.29, 1.82) is 0 Å². The van der Waals surface area contributed by atoms with Crippen LogP contribution >= 0.6 is 0 Å². The van der Waals surface area contributed by atoms with E-state index < -0.39 is 0 Å². The average Bonchev–Trinajstić information content (AvgIpc) is 3.90. The summed E-state index contributed by atoms with van der Waals surface area (Å²) in [6.45, 7) is 2.93. The fourth-order valence-corrected chi connectivity index (χ4v) is 15.3. The normalized spacial score (nSPS) is 30.6. The number of rotatable bonds is 9. The second kappa shape index (κ2) is 20.5. The number of guanidine groups is 1. The number of nitrogens with zero attached hydrogens (tertiary/aromatic N) is 1. The number of fused-ring (bicyclic) bond motifs is 12. The number of hydrogen-bond acceptors (Lipinski definition) is 9. The molecule has 0 aromatic heterocycles. The number of phenolic OH excluding ortho intramolecular Hbond substituents is 2. The summed E-state index contributed by atoms with van der Waals surface area (Å²) >= 11 is 0. The summed E-state index contributed by atoms with van der Waals surface area (Å²) in [6.07, 6.45) is 26.3. The molecule has 6 N–H and O–H groups in total. The van der Waals surface area contributed by atoms with E-state index in [-0.39, 0.29) is 82.5 Å². The molecule has 1 heterocycles. The number of phenols is 2. The predicted molar refractivity (Wildman–Crippen MR) is 284 cm³/mol. The SMILES string of the molecule is COCC1C2C=C3C4CC(C)CC3C1c1c(O)c(OC3CCCC3)cc(CCC(=O)C3=CC5CCC=CC5(CO)CC3)c1C#CCC(C2)N=C(N)NC1(CCCCC1)c1cccc(c1)Cc1cc(O)cc4c1. The van der Waals surface area contributed by atoms with E-state index in [9.17, 15) is 20.1 Å². The number of Topliss-reactive ketones (excluding diaryl/α,β-unsaturated/α-hetero) is 1. The maximum Gasteiger partial charge on any atom is 0.189 e. The van der Waals surface area contributed by atoms with Crippen LogP contribution in [0.15, 0.2) is 89.0 Å². The van der Waals surface area contributed by atoms with Crippen LogP contribution in [0.2, 0.25) is 0 Å². The highest BCUT2D eigenvalue weighted by Crippen LogP contribution is 2.60. The number of ether oxygens (including phenoxy) is 2. The number of allylic oxidation sites excluding steroid dienone is 5. The number of aliphatic hydroxyl groups is 1. The lowest BCUT2D eigenvalue weighted by Crippen LogP contribution is -2.50. The maximum atomic E-state index is 14.5. The van der Waals surface area contributed by atoms with E-state index in [2.05, 4.69) is 78.7 Å². The van der Waals surface area contributed by atoms with Gasteiger partial charge >= 0.3 is 0 Å². The largest absolute Gasteiger partial charge is 0.508 e. The molecule has 9 heteroatoms. The lowest BCUT2D eigenvalue weighted by atomic mass is 9.55. The van der Waals surface area contributed by atoms with Gasteiger partial charge in [-0.2, -0.15) is 0 Å². The van der Waals surface area contributed by atoms with E-state index in [0.29, 0.717) is 62.8 Å². The quantitative estimate of drug-likeness (QED) is 0.105. The van der Waals surface area contributed by atoms with E-state index >= 15 is 0 Å². The maximum absolute atomic E-state index is 14.5. The molecule has 7 aliphatic carbocycles. The van der Waals surface area contributed by atoms with Crippen molar-refractivity contribution >= 4 is 11.7 Å². The van der Waals surface area contributed by atoms with Crippen LogP contribution in [-0.4, -0.2) is 59.5 Å². The van der Waals surface area contributed by atoms with Gasteiger partial charge in [0, 0.05) is 48.3 Å². The number of nitrogens with one attached hydrogen (secondary N) is 1. The van der Waals surface area contributed by atoms with Gasteiger partial charge in [0.1, 0.15) is 5.75 Å². The van der Waals surface area contributed by atoms with E-state index in [1.165, 1.54) is 23.1 Å². The van der Waals surface area contributed by atoms with Gasteiger partial charge in [0.15, 0.2) is 23.2 Å². The number of hydrogen-bond donors (Lipinski definition) is 5. The molecule has 3 saturated carbocycles. The molecule has 11 rings (SSSR count). The Kier molecular flexibility index (Phi) is 14.0. The van der Waals surface area contributed by atoms with Crippen LogP contribution in [0.4, 0.5) is 0 Å². The van der Waals surface area contributed by atoms with Gasteiger partial charge in [0.05, 0.1) is 30.9 Å². The van der Waals surface area contributed by atoms with E-state index in [4.69, 9.17) is 20.2 Å². The van der Waals surface area contributed by atoms with Gasteiger partial charge in [-0.1, -0.05) is 98.2 Å². The molecule has 3 aromatic carbocycles. The fourth-order valence-electron chi connectivity index (χ4n) is 15.3. The molecule has 380 valence electrons. The van der Waals surface area contributed by atoms with Crippen LogP contribution in [0, 0.1) is 46.8 Å². The number of carbonyl (C=O) groups excluding carboxylic acids is 1. The molecule has 1 spiro atoms. The van der Waals surface area contributed by atoms with E-state index in [1.54, 1.807) is 7.11 Å². The minimum atomic E-state index is -0.361. The predicted octanol–water partition coefficient (Wildman–Crippen LogP) is 11.5. The van der Waals surface area contributed by atoms with E-state index in [0.717, 1.165) is 117 Å². The van der Waals surface area contributed by atoms with Crippen LogP contribution in [-0.2, 0) is 27.9 Å². The summed E-state index contributed by atoms with van der Waals surface area (Å²) in [7, 11) is 1.79. The molecule has 9 unspecified atom stereocenters. The number of carbonyl (C=O) groups is 1. The minimum absolute atomic E-state index is 0.000246. The number of aryl methyl sites for hydroxylation is 1. The first-order valence-electron chi connectivity index (χ1n) is 27.8. The molecule has 3 aromatic rings. The fraction of sp³-hybridized carbons (Fsp3) is 0.556. The van der Waals surface area contributed by atoms with Crippen LogP contribution in [0.3, 0.4) is 0 Å². The standard InChI is InChI=1S/C63H77N3O6/c1-39-26-52-44-29-41(31-49(68)34-44)28-40-12-10-14-47(30-40)63(23-7-3-8-24-63)66-61(64)65-48-15-11-18-51-42(19-20-56(69)43-21-25-62(38-67)22-9-6-13-46(62)32-43)36-57(72-50-16-4-5-17-50)60(70)59(51)58-54(27-39)53(52)35-45(33-48)55(58)37-71-2/h9-10,12,14,22,29-32,34-36,39,45-46,48,50,52,54-55,58,67-68,70H,3-8,13,15-17,19-21,23-28,33,37-38H2,1-2H3,(H3,64,65,66). The zero-order valence-electron chi connectivity index (χ0n) is 42.8. The highest BCUT2D eigenvalue weighted by Gasteiger charge is 2.49. The molecule has 3 fully saturated rings. The summed E-state index contributed by atoms with van der Waals surface area (Å²) in [4.78, 5) is 19.9. The number of methoxy groups -OCH3 is 1. The Balaban J connectivity index is 1.08. The van der Waals surface area contributed by atoms with Gasteiger partial charge in [-0.05, 0) is 177 Å². The summed E-state index contributed by atoms with van der Waals surface area (Å²) in [5.41, 5.74) is 15.9. The number of aromatic hydroxyl groups is 2. The lowest BCUT2D eigenvalue weighted by Gasteiger charge is -2.49. The molecule has 9 nitrogen and oxygen atoms in total. The van der Waals surface area contributed by atoms with Gasteiger partial charge in [0.2, 0.25) is 0 Å². The van der Waals surface area contributed by atoms with Crippen molar-refractivity contribution in [3.05, 3.63) is 123 Å². The van der Waals surface area contributed by atoms with Crippen LogP contribution in [0.25, 0.3) is 0 Å². The monoisotopic (exact) mass is 972 g/mol. The average molecular weight is 972 g/mol. The van der Waals surface area contributed by atoms with Crippen molar-refractivity contribution < 1.29 is 29.6 Å². The molecular formula is C63H77N3O6. The highest BCUT2D eigenvalue weighted by atomic mass is 16.5. The van der Waals surface area contributed by atoms with Crippen molar-refractivity contribution in [3.63, 3.8) is 0 Å². The third-order valence-electron chi connectivity index (χ3n) is 18.8. The zero-order valence-corrected chi connectivity index (χ0v) is 42.8. The Morgan fingerprint density at radius 3 is 2.62 bits per heavy atom. The third kappa shape index (κ3) is 9.56. The van der Waals surface area contributed by atoms with Crippen LogP contribution in [0.1, 0.15) is 173 Å². The van der Waals surface area contributed by atoms with Gasteiger partial charge in [-0.25, -0.2) is 4.99 Å². The van der Waals surface area contributed by atoms with Crippen molar-refractivity contribution in [1.82, 2.24) is 5.32 Å². The number of ketones is 1. The van der Waals surface area contributed by atoms with Crippen molar-refractivity contribution in [3.8, 4) is 29.1 Å². The van der Waals surface area contributed by atoms with Gasteiger partial charge in [-0.3, -0.25) is 4.79 Å². The molecule has 0 radical (unpaired) electrons. The summed E-state index contributed by atoms with van der Waals surface area (Å²) < 4.78 is 13.2. The van der Waals surface area contributed by atoms with Crippen LogP contribution in [0.5, 0.6) is 17.2 Å². The first-order valence-corrected chi connectivity index (χ1v) is 27.8. The Hall–Kier alpha value is -5.30. The minimum Gasteiger partial charge on any atom is -0.508 e. The van der Waals surface area contributed by atoms with Crippen molar-refractivity contribution in [2.45, 2.75) is 165 Å². The summed E-state index contributed by atoms with van der Waals surface area (Å²) in [6, 6.07) is 17.0. The molecule has 8 bridgehead atoms. The first kappa shape index (κ1) is 48.9. The van der Waals surface area contributed by atoms with Crippen molar-refractivity contribution in [2.24, 2.45) is 45.7 Å². The highest BCUT2D eigenvalue weighted by molar-refractivity contribution is 5.95. The Bertz CT molecular complexity index is 2730. The molecular weight excluding hydrogens is 895 g/mol. The summed E-state index contributed by atoms with van der Waals surface area (Å²) in [5.74, 6) is 9.23. The van der Waals surface area contributed by atoms with Crippen LogP contribution < -0.4 is 15.8 Å². The molecule has 72 heavy (non-hydrogen) atoms. The summed E-state index contributed by atoms with van der Waals surface area (Å²) in [5, 5.41) is 39.1. The Morgan fingerprint density at radius 2 is 1.81 bits per heavy atom. The Morgan fingerprint density at radius 1 is 0.958 bits per heavy atom. The number of aliphatic hydroxyl groups excluding tert-OH is 1. The second-order valence-electron chi connectivity index (χ2n) is 23.5. The number of benzene rings is 3. The smallest absolute Gasteiger partial charge is 0.189 e. The molecule has 8 aliphatic rings. The molecule has 0 amide bonds. The number of aliphatic imine (C=N–C) groups is 1. The van der Waals surface area contributed by atoms with E-state index in [1.807, 2.05) is 18.2 Å². The second-order valence-corrected chi connectivity index (χ2v) is 23.5. The lowest BCUT2D eigenvalue weighted by molar-refractivity contribution is -0.116. The third-order valence-corrected chi connectivity index (χ3v) is 18.8. The molecule has 1 aliphatic heterocycles. The van der Waals surface area contributed by atoms with Crippen molar-refractivity contribution in [2.75, 3.05) is 20.3 Å². The topological polar surface area (TPSA) is 147 Å². The van der Waals surface area contributed by atoms with Gasteiger partial charge in [-0.15, -0.1) is 0 Å². The first-order chi connectivity index (χ1) is 35.0. The Labute approximate surface area is 427 Å². The van der Waals surface area contributed by atoms with Gasteiger partial charge in [0.25, 0.3) is 0 Å². The molecule has 9 atom stereocenters. The molecule has 0 saturated heterocycles.